The molecule has 0 saturated carbocycles. The molecule has 7 heteroatoms. The van der Waals surface area contributed by atoms with Crippen molar-refractivity contribution in [2.45, 2.75) is 25.8 Å². The highest BCUT2D eigenvalue weighted by Gasteiger charge is 2.23. The summed E-state index contributed by atoms with van der Waals surface area (Å²) in [5.41, 5.74) is 3.15. The van der Waals surface area contributed by atoms with Crippen LogP contribution in [0.15, 0.2) is 109 Å². The number of halogens is 1. The molecule has 1 atom stereocenters. The largest absolute Gasteiger partial charge is 0.489 e. The molecule has 0 heterocycles. The zero-order valence-electron chi connectivity index (χ0n) is 20.1. The second-order valence-electron chi connectivity index (χ2n) is 8.33. The van der Waals surface area contributed by atoms with Crippen molar-refractivity contribution in [3.8, 4) is 5.75 Å². The van der Waals surface area contributed by atoms with Crippen LogP contribution in [-0.4, -0.2) is 12.0 Å². The number of nitrogens with one attached hydrogen (secondary N) is 2. The van der Waals surface area contributed by atoms with Crippen LogP contribution in [0.5, 0.6) is 5.75 Å². The molecule has 4 rings (SSSR count). The summed E-state index contributed by atoms with van der Waals surface area (Å²) >= 11 is 0. The molecular weight excluding hydrogens is 471 g/mol. The Morgan fingerprint density at radius 2 is 1.30 bits per heavy atom. The Balaban J connectivity index is 1.42. The van der Waals surface area contributed by atoms with Crippen LogP contribution in [0.25, 0.3) is 0 Å². The first-order chi connectivity index (χ1) is 18.1. The highest BCUT2D eigenvalue weighted by atomic mass is 19.1. The SMILES string of the molecule is O=C(N[C@H](C(=O)NCc1ccc(F)cc1)c1ccc(OCc2ccccc2)cc1)OCc1ccccc1. The standard InChI is InChI=1S/C30H27FN2O4/c31-26-15-11-22(12-16-26)19-32-29(34)28(33-30(35)37-21-24-9-5-2-6-10-24)25-13-17-27(18-14-25)36-20-23-7-3-1-4-8-23/h1-18,28H,19-21H2,(H,32,34)(H,33,35)/t28-/m0/s1. The Bertz CT molecular complexity index is 1280. The number of carbonyl (C=O) groups excluding carboxylic acids is 2. The molecule has 0 unspecified atom stereocenters. The second kappa shape index (κ2) is 12.9. The average Bonchev–Trinajstić information content (AvgIpc) is 2.95. The third-order valence-electron chi connectivity index (χ3n) is 5.58. The number of benzene rings is 4. The summed E-state index contributed by atoms with van der Waals surface area (Å²) in [6, 6.07) is 30.8. The maximum absolute atomic E-state index is 13.2. The van der Waals surface area contributed by atoms with Crippen molar-refractivity contribution in [2.24, 2.45) is 0 Å². The van der Waals surface area contributed by atoms with E-state index in [1.807, 2.05) is 60.7 Å². The summed E-state index contributed by atoms with van der Waals surface area (Å²) in [6.45, 7) is 0.656. The van der Waals surface area contributed by atoms with E-state index in [4.69, 9.17) is 9.47 Å². The summed E-state index contributed by atoms with van der Waals surface area (Å²) in [6.07, 6.45) is -0.727. The van der Waals surface area contributed by atoms with E-state index in [9.17, 15) is 14.0 Å². The van der Waals surface area contributed by atoms with Crippen LogP contribution in [0.3, 0.4) is 0 Å². The van der Waals surface area contributed by atoms with Crippen LogP contribution in [-0.2, 0) is 29.3 Å². The zero-order chi connectivity index (χ0) is 25.9. The Morgan fingerprint density at radius 3 is 1.92 bits per heavy atom. The van der Waals surface area contributed by atoms with Gasteiger partial charge in [0.25, 0.3) is 0 Å². The van der Waals surface area contributed by atoms with Crippen molar-refractivity contribution in [1.82, 2.24) is 10.6 Å². The minimum atomic E-state index is -1.01. The van der Waals surface area contributed by atoms with E-state index in [0.29, 0.717) is 17.9 Å². The third kappa shape index (κ3) is 7.93. The minimum absolute atomic E-state index is 0.0723. The topological polar surface area (TPSA) is 76.7 Å². The fourth-order valence-electron chi connectivity index (χ4n) is 3.57. The maximum atomic E-state index is 13.2. The van der Waals surface area contributed by atoms with E-state index in [1.54, 1.807) is 36.4 Å². The molecule has 2 N–H and O–H groups in total. The van der Waals surface area contributed by atoms with Crippen LogP contribution in [0.1, 0.15) is 28.3 Å². The molecular formula is C30H27FN2O4. The van der Waals surface area contributed by atoms with Crippen molar-refractivity contribution in [1.29, 1.82) is 0 Å². The smallest absolute Gasteiger partial charge is 0.408 e. The van der Waals surface area contributed by atoms with Crippen molar-refractivity contribution >= 4 is 12.0 Å². The lowest BCUT2D eigenvalue weighted by Gasteiger charge is -2.19. The molecule has 0 aliphatic carbocycles. The Morgan fingerprint density at radius 1 is 0.703 bits per heavy atom. The van der Waals surface area contributed by atoms with Crippen LogP contribution < -0.4 is 15.4 Å². The molecule has 0 aromatic heterocycles. The van der Waals surface area contributed by atoms with E-state index in [2.05, 4.69) is 10.6 Å². The molecule has 0 bridgehead atoms. The third-order valence-corrected chi connectivity index (χ3v) is 5.58. The molecule has 2 amide bonds. The molecule has 188 valence electrons. The predicted octanol–water partition coefficient (Wildman–Crippen LogP) is 5.69. The van der Waals surface area contributed by atoms with Gasteiger partial charge >= 0.3 is 6.09 Å². The van der Waals surface area contributed by atoms with Gasteiger partial charge in [0.1, 0.15) is 30.8 Å². The van der Waals surface area contributed by atoms with Gasteiger partial charge in [-0.3, -0.25) is 4.79 Å². The molecule has 6 nitrogen and oxygen atoms in total. The van der Waals surface area contributed by atoms with Gasteiger partial charge in [0.05, 0.1) is 0 Å². The van der Waals surface area contributed by atoms with Crippen LogP contribution in [0, 0.1) is 5.82 Å². The van der Waals surface area contributed by atoms with Gasteiger partial charge in [-0.25, -0.2) is 9.18 Å². The number of hydrogen-bond acceptors (Lipinski definition) is 4. The molecule has 4 aromatic carbocycles. The molecule has 0 spiro atoms. The normalized spacial score (nSPS) is 11.3. The van der Waals surface area contributed by atoms with Crippen molar-refractivity contribution in [2.75, 3.05) is 0 Å². The summed E-state index contributed by atoms with van der Waals surface area (Å²) in [5, 5.41) is 5.45. The van der Waals surface area contributed by atoms with Gasteiger partial charge < -0.3 is 20.1 Å². The van der Waals surface area contributed by atoms with E-state index in [0.717, 1.165) is 16.7 Å². The lowest BCUT2D eigenvalue weighted by atomic mass is 10.1. The first kappa shape index (κ1) is 25.4. The Hall–Kier alpha value is -4.65. The van der Waals surface area contributed by atoms with Crippen LogP contribution in [0.4, 0.5) is 9.18 Å². The molecule has 0 aliphatic rings. The van der Waals surface area contributed by atoms with Gasteiger partial charge in [-0.15, -0.1) is 0 Å². The zero-order valence-corrected chi connectivity index (χ0v) is 20.1. The molecule has 0 fully saturated rings. The maximum Gasteiger partial charge on any atom is 0.408 e. The van der Waals surface area contributed by atoms with Gasteiger partial charge in [-0.2, -0.15) is 0 Å². The molecule has 0 aliphatic heterocycles. The molecule has 0 saturated heterocycles. The van der Waals surface area contributed by atoms with E-state index in [1.165, 1.54) is 12.1 Å². The second-order valence-corrected chi connectivity index (χ2v) is 8.33. The van der Waals surface area contributed by atoms with Crippen LogP contribution in [0.2, 0.25) is 0 Å². The lowest BCUT2D eigenvalue weighted by molar-refractivity contribution is -0.123. The van der Waals surface area contributed by atoms with Crippen molar-refractivity contribution < 1.29 is 23.5 Å². The monoisotopic (exact) mass is 498 g/mol. The van der Waals surface area contributed by atoms with Gasteiger partial charge in [0.15, 0.2) is 0 Å². The first-order valence-corrected chi connectivity index (χ1v) is 11.8. The number of alkyl carbamates (subject to hydrolysis) is 1. The fraction of sp³-hybridized carbons (Fsp3) is 0.133. The van der Waals surface area contributed by atoms with E-state index < -0.39 is 18.0 Å². The summed E-state index contributed by atoms with van der Waals surface area (Å²) in [7, 11) is 0. The number of carbonyl (C=O) groups is 2. The summed E-state index contributed by atoms with van der Waals surface area (Å²) in [5.74, 6) is -0.158. The fourth-order valence-corrected chi connectivity index (χ4v) is 3.57. The van der Waals surface area contributed by atoms with Crippen LogP contribution >= 0.6 is 0 Å². The molecule has 0 radical (unpaired) electrons. The number of rotatable bonds is 10. The van der Waals surface area contributed by atoms with Gasteiger partial charge in [-0.1, -0.05) is 84.9 Å². The molecule has 37 heavy (non-hydrogen) atoms. The number of ether oxygens (including phenoxy) is 2. The van der Waals surface area contributed by atoms with Gasteiger partial charge in [0, 0.05) is 6.54 Å². The highest BCUT2D eigenvalue weighted by Crippen LogP contribution is 2.20. The average molecular weight is 499 g/mol. The Kier molecular flexibility index (Phi) is 8.86. The van der Waals surface area contributed by atoms with E-state index >= 15 is 0 Å². The van der Waals surface area contributed by atoms with Gasteiger partial charge in [0.2, 0.25) is 5.91 Å². The summed E-state index contributed by atoms with van der Waals surface area (Å²) < 4.78 is 24.3. The van der Waals surface area contributed by atoms with Crippen molar-refractivity contribution in [3.63, 3.8) is 0 Å². The summed E-state index contributed by atoms with van der Waals surface area (Å²) in [4.78, 5) is 25.7. The molecule has 4 aromatic rings. The van der Waals surface area contributed by atoms with Gasteiger partial charge in [-0.05, 0) is 46.5 Å². The van der Waals surface area contributed by atoms with Crippen molar-refractivity contribution in [3.05, 3.63) is 137 Å². The highest BCUT2D eigenvalue weighted by molar-refractivity contribution is 5.86. The minimum Gasteiger partial charge on any atom is -0.489 e. The first-order valence-electron chi connectivity index (χ1n) is 11.8. The lowest BCUT2D eigenvalue weighted by Crippen LogP contribution is -2.40. The number of amides is 2. The number of hydrogen-bond donors (Lipinski definition) is 2. The predicted molar refractivity (Wildman–Crippen MR) is 138 cm³/mol. The Labute approximate surface area is 215 Å². The quantitative estimate of drug-likeness (QED) is 0.295. The van der Waals surface area contributed by atoms with E-state index in [-0.39, 0.29) is 19.0 Å².